The van der Waals surface area contributed by atoms with Crippen molar-refractivity contribution in [1.82, 2.24) is 10.3 Å². The molecule has 106 valence electrons. The van der Waals surface area contributed by atoms with Crippen molar-refractivity contribution in [2.75, 3.05) is 18.0 Å². The first-order chi connectivity index (χ1) is 9.88. The fourth-order valence-corrected chi connectivity index (χ4v) is 3.61. The topological polar surface area (TPSA) is 28.2 Å². The van der Waals surface area contributed by atoms with Crippen LogP contribution in [0.25, 0.3) is 0 Å². The molecule has 0 aromatic carbocycles. The first-order valence-corrected chi connectivity index (χ1v) is 8.20. The van der Waals surface area contributed by atoms with Crippen LogP contribution in [0.4, 0.5) is 5.69 Å². The smallest absolute Gasteiger partial charge is 0.0445 e. The molecular weight excluding hydrogens is 266 g/mol. The van der Waals surface area contributed by atoms with E-state index in [1.807, 2.05) is 23.7 Å². The second-order valence-electron chi connectivity index (χ2n) is 5.22. The van der Waals surface area contributed by atoms with Crippen molar-refractivity contribution in [3.63, 3.8) is 0 Å². The van der Waals surface area contributed by atoms with E-state index in [1.165, 1.54) is 16.8 Å². The van der Waals surface area contributed by atoms with E-state index in [0.717, 1.165) is 39.0 Å². The van der Waals surface area contributed by atoms with Gasteiger partial charge in [0, 0.05) is 48.2 Å². The van der Waals surface area contributed by atoms with Crippen LogP contribution < -0.4 is 10.2 Å². The molecule has 1 N–H and O–H groups in total. The SMILES string of the molecule is CCCNCc1cnccc1N1CCc2sccc2C1. The lowest BCUT2D eigenvalue weighted by atomic mass is 10.1. The molecule has 4 heteroatoms. The third kappa shape index (κ3) is 2.86. The van der Waals surface area contributed by atoms with Gasteiger partial charge in [0.1, 0.15) is 0 Å². The second kappa shape index (κ2) is 6.37. The van der Waals surface area contributed by atoms with E-state index in [9.17, 15) is 0 Å². The van der Waals surface area contributed by atoms with Crippen LogP contribution in [-0.4, -0.2) is 18.1 Å². The molecule has 0 bridgehead atoms. The van der Waals surface area contributed by atoms with Crippen molar-refractivity contribution < 1.29 is 0 Å². The van der Waals surface area contributed by atoms with Gasteiger partial charge in [0.15, 0.2) is 0 Å². The van der Waals surface area contributed by atoms with Crippen LogP contribution in [0, 0.1) is 0 Å². The first kappa shape index (κ1) is 13.6. The maximum Gasteiger partial charge on any atom is 0.0445 e. The van der Waals surface area contributed by atoms with Crippen molar-refractivity contribution in [1.29, 1.82) is 0 Å². The third-order valence-electron chi connectivity index (χ3n) is 3.77. The Morgan fingerprint density at radius 3 is 3.25 bits per heavy atom. The Bertz CT molecular complexity index is 564. The fourth-order valence-electron chi connectivity index (χ4n) is 2.72. The Morgan fingerprint density at radius 2 is 2.35 bits per heavy atom. The molecule has 0 unspecified atom stereocenters. The van der Waals surface area contributed by atoms with Crippen molar-refractivity contribution >= 4 is 17.0 Å². The maximum absolute atomic E-state index is 4.29. The molecule has 0 radical (unpaired) electrons. The van der Waals surface area contributed by atoms with Gasteiger partial charge in [-0.2, -0.15) is 0 Å². The summed E-state index contributed by atoms with van der Waals surface area (Å²) in [6.07, 6.45) is 6.23. The summed E-state index contributed by atoms with van der Waals surface area (Å²) < 4.78 is 0. The molecule has 0 aliphatic carbocycles. The van der Waals surface area contributed by atoms with Crippen LogP contribution in [0.3, 0.4) is 0 Å². The van der Waals surface area contributed by atoms with Gasteiger partial charge in [-0.1, -0.05) is 6.92 Å². The van der Waals surface area contributed by atoms with Gasteiger partial charge in [-0.15, -0.1) is 11.3 Å². The lowest BCUT2D eigenvalue weighted by Crippen LogP contribution is -2.30. The lowest BCUT2D eigenvalue weighted by Gasteiger charge is -2.30. The number of anilines is 1. The molecule has 0 amide bonds. The average Bonchev–Trinajstić information content (AvgIpc) is 2.95. The number of aromatic nitrogens is 1. The zero-order valence-corrected chi connectivity index (χ0v) is 12.7. The number of pyridine rings is 1. The predicted octanol–water partition coefficient (Wildman–Crippen LogP) is 3.21. The highest BCUT2D eigenvalue weighted by molar-refractivity contribution is 7.10. The van der Waals surface area contributed by atoms with Gasteiger partial charge in [-0.05, 0) is 42.5 Å². The Kier molecular flexibility index (Phi) is 4.33. The molecule has 0 saturated carbocycles. The minimum absolute atomic E-state index is 0.907. The molecule has 3 heterocycles. The van der Waals surface area contributed by atoms with E-state index in [0.29, 0.717) is 0 Å². The van der Waals surface area contributed by atoms with E-state index in [-0.39, 0.29) is 0 Å². The third-order valence-corrected chi connectivity index (χ3v) is 4.79. The Morgan fingerprint density at radius 1 is 1.40 bits per heavy atom. The highest BCUT2D eigenvalue weighted by Gasteiger charge is 2.19. The van der Waals surface area contributed by atoms with Gasteiger partial charge in [0.25, 0.3) is 0 Å². The summed E-state index contributed by atoms with van der Waals surface area (Å²) >= 11 is 1.89. The molecule has 2 aromatic heterocycles. The standard InChI is InChI=1S/C16H21N3S/c1-2-6-17-10-14-11-18-7-3-15(14)19-8-4-16-13(12-19)5-9-20-16/h3,5,7,9,11,17H,2,4,6,8,10,12H2,1H3. The fraction of sp³-hybridized carbons (Fsp3) is 0.438. The highest BCUT2D eigenvalue weighted by atomic mass is 32.1. The summed E-state index contributed by atoms with van der Waals surface area (Å²) in [5, 5.41) is 5.69. The minimum Gasteiger partial charge on any atom is -0.366 e. The van der Waals surface area contributed by atoms with E-state index in [1.54, 1.807) is 4.88 Å². The number of hydrogen-bond acceptors (Lipinski definition) is 4. The van der Waals surface area contributed by atoms with Crippen LogP contribution in [0.1, 0.15) is 29.3 Å². The molecule has 1 aliphatic heterocycles. The summed E-state index contributed by atoms with van der Waals surface area (Å²) in [5.74, 6) is 0. The highest BCUT2D eigenvalue weighted by Crippen LogP contribution is 2.29. The van der Waals surface area contributed by atoms with Crippen molar-refractivity contribution in [2.45, 2.75) is 32.9 Å². The summed E-state index contributed by atoms with van der Waals surface area (Å²) in [6, 6.07) is 4.42. The zero-order valence-electron chi connectivity index (χ0n) is 11.9. The van der Waals surface area contributed by atoms with Crippen molar-refractivity contribution in [3.8, 4) is 0 Å². The average molecular weight is 287 g/mol. The minimum atomic E-state index is 0.907. The van der Waals surface area contributed by atoms with E-state index < -0.39 is 0 Å². The number of hydrogen-bond donors (Lipinski definition) is 1. The molecule has 1 aliphatic rings. The van der Waals surface area contributed by atoms with Crippen molar-refractivity contribution in [2.24, 2.45) is 0 Å². The van der Waals surface area contributed by atoms with Gasteiger partial charge in [0.05, 0.1) is 0 Å². The number of nitrogens with zero attached hydrogens (tertiary/aromatic N) is 2. The lowest BCUT2D eigenvalue weighted by molar-refractivity contribution is 0.666. The summed E-state index contributed by atoms with van der Waals surface area (Å²) in [7, 11) is 0. The number of thiophene rings is 1. The largest absolute Gasteiger partial charge is 0.366 e. The molecule has 0 atom stereocenters. The zero-order chi connectivity index (χ0) is 13.8. The molecule has 0 fully saturated rings. The van der Waals surface area contributed by atoms with Gasteiger partial charge in [-0.25, -0.2) is 0 Å². The molecule has 20 heavy (non-hydrogen) atoms. The van der Waals surface area contributed by atoms with Gasteiger partial charge >= 0.3 is 0 Å². The van der Waals surface area contributed by atoms with Gasteiger partial charge in [-0.3, -0.25) is 4.98 Å². The Hall–Kier alpha value is -1.39. The monoisotopic (exact) mass is 287 g/mol. The quantitative estimate of drug-likeness (QED) is 0.856. The van der Waals surface area contributed by atoms with E-state index in [4.69, 9.17) is 0 Å². The van der Waals surface area contributed by atoms with Crippen LogP contribution in [0.15, 0.2) is 29.9 Å². The molecule has 0 spiro atoms. The van der Waals surface area contributed by atoms with Crippen LogP contribution >= 0.6 is 11.3 Å². The Balaban J connectivity index is 1.77. The number of nitrogens with one attached hydrogen (secondary N) is 1. The van der Waals surface area contributed by atoms with E-state index >= 15 is 0 Å². The normalized spacial score (nSPS) is 14.3. The van der Waals surface area contributed by atoms with Crippen LogP contribution in [0.2, 0.25) is 0 Å². The summed E-state index contributed by atoms with van der Waals surface area (Å²) in [5.41, 5.74) is 4.13. The van der Waals surface area contributed by atoms with Crippen LogP contribution in [-0.2, 0) is 19.5 Å². The first-order valence-electron chi connectivity index (χ1n) is 7.32. The predicted molar refractivity (Wildman–Crippen MR) is 85.3 cm³/mol. The maximum atomic E-state index is 4.29. The van der Waals surface area contributed by atoms with E-state index in [2.05, 4.69) is 39.6 Å². The molecular formula is C16H21N3S. The number of fused-ring (bicyclic) bond motifs is 1. The van der Waals surface area contributed by atoms with Crippen molar-refractivity contribution in [3.05, 3.63) is 45.9 Å². The summed E-state index contributed by atoms with van der Waals surface area (Å²) in [4.78, 5) is 8.33. The Labute approximate surface area is 124 Å². The second-order valence-corrected chi connectivity index (χ2v) is 6.22. The van der Waals surface area contributed by atoms with Gasteiger partial charge in [0.2, 0.25) is 0 Å². The number of rotatable bonds is 5. The van der Waals surface area contributed by atoms with Crippen LogP contribution in [0.5, 0.6) is 0 Å². The molecule has 3 rings (SSSR count). The molecule has 3 nitrogen and oxygen atoms in total. The molecule has 0 saturated heterocycles. The summed E-state index contributed by atoms with van der Waals surface area (Å²) in [6.45, 7) is 6.30. The molecule has 2 aromatic rings. The van der Waals surface area contributed by atoms with Gasteiger partial charge < -0.3 is 10.2 Å².